The lowest BCUT2D eigenvalue weighted by atomic mass is 10.0. The molecule has 8 nitrogen and oxygen atoms in total. The molecule has 184 valence electrons. The molecule has 0 N–H and O–H groups in total. The summed E-state index contributed by atoms with van der Waals surface area (Å²) in [5, 5.41) is 19.4. The lowest BCUT2D eigenvalue weighted by Gasteiger charge is -2.32. The first-order valence-corrected chi connectivity index (χ1v) is 13.0. The SMILES string of the molecule is CCCCCSc1nc([O-])c2[n+](n1)C(c1cn(C(C)=O)c3ccccc13)N(C(C)=O)c1ccccc1-2. The van der Waals surface area contributed by atoms with Crippen LogP contribution in [-0.2, 0) is 4.79 Å². The number of rotatable bonds is 6. The number of hydrogen-bond donors (Lipinski definition) is 0. The maximum absolute atomic E-state index is 13.4. The van der Waals surface area contributed by atoms with Crippen molar-refractivity contribution in [2.75, 3.05) is 10.7 Å². The highest BCUT2D eigenvalue weighted by Gasteiger charge is 2.45. The van der Waals surface area contributed by atoms with Gasteiger partial charge in [-0.25, -0.2) is 9.88 Å². The smallest absolute Gasteiger partial charge is 0.295 e. The third kappa shape index (κ3) is 4.03. The van der Waals surface area contributed by atoms with E-state index in [-0.39, 0.29) is 17.7 Å². The molecule has 9 heteroatoms. The Bertz CT molecular complexity index is 1480. The lowest BCUT2D eigenvalue weighted by molar-refractivity contribution is -0.764. The highest BCUT2D eigenvalue weighted by Crippen LogP contribution is 2.42. The van der Waals surface area contributed by atoms with Crippen molar-refractivity contribution in [2.45, 2.75) is 51.4 Å². The van der Waals surface area contributed by atoms with E-state index < -0.39 is 6.17 Å². The number of carbonyl (C=O) groups is 2. The van der Waals surface area contributed by atoms with Gasteiger partial charge in [0.1, 0.15) is 0 Å². The largest absolute Gasteiger partial charge is 0.854 e. The molecule has 1 aliphatic rings. The molecule has 0 bridgehead atoms. The van der Waals surface area contributed by atoms with E-state index in [1.807, 2.05) is 48.5 Å². The van der Waals surface area contributed by atoms with Gasteiger partial charge in [0, 0.05) is 36.3 Å². The van der Waals surface area contributed by atoms with Gasteiger partial charge in [-0.1, -0.05) is 66.5 Å². The maximum atomic E-state index is 13.4. The monoisotopic (exact) mass is 501 g/mol. The number of hydrogen-bond acceptors (Lipinski definition) is 6. The van der Waals surface area contributed by atoms with Crippen LogP contribution in [0.4, 0.5) is 5.69 Å². The first kappa shape index (κ1) is 24.0. The van der Waals surface area contributed by atoms with Gasteiger partial charge in [-0.15, -0.1) is 0 Å². The van der Waals surface area contributed by atoms with E-state index in [9.17, 15) is 14.7 Å². The van der Waals surface area contributed by atoms with Crippen molar-refractivity contribution in [3.05, 3.63) is 60.3 Å². The molecule has 0 fully saturated rings. The highest BCUT2D eigenvalue weighted by atomic mass is 32.2. The highest BCUT2D eigenvalue weighted by molar-refractivity contribution is 7.99. The fourth-order valence-electron chi connectivity index (χ4n) is 4.80. The number of fused-ring (bicyclic) bond motifs is 4. The summed E-state index contributed by atoms with van der Waals surface area (Å²) in [4.78, 5) is 31.6. The number of carbonyl (C=O) groups excluding carboxylic acids is 2. The summed E-state index contributed by atoms with van der Waals surface area (Å²) in [5.41, 5.74) is 2.98. The van der Waals surface area contributed by atoms with Gasteiger partial charge in [0.05, 0.1) is 28.2 Å². The van der Waals surface area contributed by atoms with E-state index in [0.29, 0.717) is 27.7 Å². The molecule has 36 heavy (non-hydrogen) atoms. The zero-order valence-electron chi connectivity index (χ0n) is 20.5. The number of thioether (sulfide) groups is 1. The number of aromatic nitrogens is 4. The summed E-state index contributed by atoms with van der Waals surface area (Å²) in [6.07, 6.45) is 4.18. The number of amides is 1. The molecule has 0 saturated carbocycles. The fraction of sp³-hybridized carbons (Fsp3) is 0.296. The average Bonchev–Trinajstić information content (AvgIpc) is 3.25. The molecule has 4 aromatic rings. The van der Waals surface area contributed by atoms with Crippen LogP contribution in [0.15, 0.2) is 59.9 Å². The Morgan fingerprint density at radius 3 is 2.56 bits per heavy atom. The zero-order valence-corrected chi connectivity index (χ0v) is 21.3. The summed E-state index contributed by atoms with van der Waals surface area (Å²) in [7, 11) is 0. The minimum Gasteiger partial charge on any atom is -0.854 e. The Morgan fingerprint density at radius 1 is 1.06 bits per heavy atom. The Morgan fingerprint density at radius 2 is 1.81 bits per heavy atom. The predicted octanol–water partition coefficient (Wildman–Crippen LogP) is 4.32. The van der Waals surface area contributed by atoms with E-state index in [4.69, 9.17) is 5.10 Å². The molecule has 0 spiro atoms. The van der Waals surface area contributed by atoms with E-state index in [1.54, 1.807) is 20.3 Å². The molecule has 3 heterocycles. The van der Waals surface area contributed by atoms with E-state index in [2.05, 4.69) is 11.9 Å². The van der Waals surface area contributed by atoms with Crippen molar-refractivity contribution in [1.82, 2.24) is 14.6 Å². The molecular weight excluding hydrogens is 474 g/mol. The van der Waals surface area contributed by atoms with Gasteiger partial charge in [0.25, 0.3) is 17.0 Å². The van der Waals surface area contributed by atoms with Crippen molar-refractivity contribution in [3.63, 3.8) is 0 Å². The van der Waals surface area contributed by atoms with Gasteiger partial charge in [-0.3, -0.25) is 14.2 Å². The third-order valence-corrected chi connectivity index (χ3v) is 7.32. The molecule has 5 rings (SSSR count). The van der Waals surface area contributed by atoms with E-state index >= 15 is 0 Å². The number of benzene rings is 2. The van der Waals surface area contributed by atoms with Gasteiger partial charge < -0.3 is 5.11 Å². The second kappa shape index (κ2) is 9.73. The quantitative estimate of drug-likeness (QED) is 0.222. The van der Waals surface area contributed by atoms with Crippen LogP contribution >= 0.6 is 11.8 Å². The number of para-hydroxylation sites is 2. The van der Waals surface area contributed by atoms with Crippen LogP contribution in [-0.4, -0.2) is 32.2 Å². The van der Waals surface area contributed by atoms with Crippen LogP contribution in [0.1, 0.15) is 56.6 Å². The average molecular weight is 502 g/mol. The Hall–Kier alpha value is -3.72. The maximum Gasteiger partial charge on any atom is 0.295 e. The second-order valence-electron chi connectivity index (χ2n) is 8.82. The van der Waals surface area contributed by atoms with E-state index in [1.165, 1.54) is 25.6 Å². The zero-order chi connectivity index (χ0) is 25.4. The molecule has 0 saturated heterocycles. The molecule has 2 aromatic heterocycles. The van der Waals surface area contributed by atoms with Crippen LogP contribution in [0.3, 0.4) is 0 Å². The van der Waals surface area contributed by atoms with Crippen molar-refractivity contribution >= 4 is 40.2 Å². The van der Waals surface area contributed by atoms with Crippen LogP contribution in [0.25, 0.3) is 22.2 Å². The van der Waals surface area contributed by atoms with Crippen molar-refractivity contribution in [2.24, 2.45) is 0 Å². The predicted molar refractivity (Wildman–Crippen MR) is 137 cm³/mol. The van der Waals surface area contributed by atoms with Crippen molar-refractivity contribution in [1.29, 1.82) is 0 Å². The van der Waals surface area contributed by atoms with Crippen LogP contribution in [0.2, 0.25) is 0 Å². The molecule has 0 aliphatic carbocycles. The van der Waals surface area contributed by atoms with Gasteiger partial charge in [0.15, 0.2) is 0 Å². The van der Waals surface area contributed by atoms with E-state index in [0.717, 1.165) is 35.9 Å². The summed E-state index contributed by atoms with van der Waals surface area (Å²) in [6.45, 7) is 5.14. The van der Waals surface area contributed by atoms with Gasteiger partial charge in [0.2, 0.25) is 11.8 Å². The summed E-state index contributed by atoms with van der Waals surface area (Å²) in [6, 6.07) is 14.9. The lowest BCUT2D eigenvalue weighted by Crippen LogP contribution is -2.58. The third-order valence-electron chi connectivity index (χ3n) is 6.40. The number of anilines is 1. The second-order valence-corrected chi connectivity index (χ2v) is 9.88. The molecule has 0 radical (unpaired) electrons. The van der Waals surface area contributed by atoms with Gasteiger partial charge in [-0.05, 0) is 24.6 Å². The Labute approximate surface area is 213 Å². The fourth-order valence-corrected chi connectivity index (χ4v) is 5.63. The standard InChI is InChI=1S/C27H27N5O3S/c1-4-5-10-15-36-27-28-25(35)24-20-12-7-9-14-23(20)31(18(3)34)26(32(24)29-27)21-16-30(17(2)33)22-13-8-6-11-19(21)22/h6-9,11-14,16,26H,4-5,10,15H2,1-3H3. The minimum atomic E-state index is -0.761. The Kier molecular flexibility index (Phi) is 6.49. The van der Waals surface area contributed by atoms with Crippen molar-refractivity contribution in [3.8, 4) is 17.1 Å². The van der Waals surface area contributed by atoms with Crippen LogP contribution < -0.4 is 14.7 Å². The summed E-state index contributed by atoms with van der Waals surface area (Å²) < 4.78 is 3.19. The van der Waals surface area contributed by atoms with Crippen LogP contribution in [0.5, 0.6) is 5.88 Å². The summed E-state index contributed by atoms with van der Waals surface area (Å²) in [5.74, 6) is 0.0635. The van der Waals surface area contributed by atoms with Gasteiger partial charge >= 0.3 is 0 Å². The Balaban J connectivity index is 1.77. The molecule has 1 amide bonds. The number of nitrogens with zero attached hydrogens (tertiary/aromatic N) is 5. The summed E-state index contributed by atoms with van der Waals surface area (Å²) >= 11 is 1.44. The van der Waals surface area contributed by atoms with Crippen LogP contribution in [0, 0.1) is 0 Å². The first-order valence-electron chi connectivity index (χ1n) is 12.1. The molecule has 1 unspecified atom stereocenters. The molecule has 2 aromatic carbocycles. The topological polar surface area (TPSA) is 95.0 Å². The molecule has 1 atom stereocenters. The normalized spacial score (nSPS) is 14.5. The molecular formula is C27H27N5O3S. The van der Waals surface area contributed by atoms with Crippen molar-refractivity contribution < 1.29 is 19.4 Å². The first-order chi connectivity index (χ1) is 17.4. The minimum absolute atomic E-state index is 0.146. The molecule has 1 aliphatic heterocycles. The van der Waals surface area contributed by atoms with Gasteiger partial charge in [-0.2, -0.15) is 0 Å². The number of unbranched alkanes of at least 4 members (excludes halogenated alkanes) is 2.